The maximum atomic E-state index is 12.2. The van der Waals surface area contributed by atoms with Gasteiger partial charge in [0.2, 0.25) is 5.91 Å². The van der Waals surface area contributed by atoms with E-state index in [1.165, 1.54) is 0 Å². The Morgan fingerprint density at radius 2 is 1.92 bits per heavy atom. The SMILES string of the molecule is Cc1cc(C)n(C(C)CC(=O)NC(Cc2ccccc2)C(=O)O)n1. The quantitative estimate of drug-likeness (QED) is 0.816. The molecule has 0 aliphatic heterocycles. The van der Waals surface area contributed by atoms with Crippen LogP contribution in [0.2, 0.25) is 0 Å². The molecule has 2 rings (SSSR count). The molecule has 6 heteroatoms. The minimum absolute atomic E-state index is 0.134. The largest absolute Gasteiger partial charge is 0.480 e. The lowest BCUT2D eigenvalue weighted by Crippen LogP contribution is -2.42. The van der Waals surface area contributed by atoms with E-state index in [2.05, 4.69) is 10.4 Å². The lowest BCUT2D eigenvalue weighted by molar-refractivity contribution is -0.141. The standard InChI is InChI=1S/C18H23N3O3/c1-12-9-13(2)21(20-12)14(3)10-17(22)19-16(18(23)24)11-15-7-5-4-6-8-15/h4-9,14,16H,10-11H2,1-3H3,(H,19,22)(H,23,24). The highest BCUT2D eigenvalue weighted by Gasteiger charge is 2.22. The molecule has 2 N–H and O–H groups in total. The van der Waals surface area contributed by atoms with Crippen molar-refractivity contribution in [3.63, 3.8) is 0 Å². The van der Waals surface area contributed by atoms with Gasteiger partial charge in [-0.25, -0.2) is 4.79 Å². The average Bonchev–Trinajstić information content (AvgIpc) is 2.86. The Morgan fingerprint density at radius 3 is 2.46 bits per heavy atom. The number of benzene rings is 1. The summed E-state index contributed by atoms with van der Waals surface area (Å²) >= 11 is 0. The second-order valence-electron chi connectivity index (χ2n) is 6.07. The molecule has 0 aliphatic carbocycles. The molecule has 0 saturated heterocycles. The van der Waals surface area contributed by atoms with Crippen molar-refractivity contribution in [2.24, 2.45) is 0 Å². The zero-order valence-corrected chi connectivity index (χ0v) is 14.2. The maximum Gasteiger partial charge on any atom is 0.326 e. The maximum absolute atomic E-state index is 12.2. The van der Waals surface area contributed by atoms with Crippen LogP contribution < -0.4 is 5.32 Å². The van der Waals surface area contributed by atoms with Crippen molar-refractivity contribution in [3.05, 3.63) is 53.3 Å². The van der Waals surface area contributed by atoms with Crippen molar-refractivity contribution >= 4 is 11.9 Å². The molecular formula is C18H23N3O3. The number of aryl methyl sites for hydroxylation is 2. The summed E-state index contributed by atoms with van der Waals surface area (Å²) in [4.78, 5) is 23.7. The Hall–Kier alpha value is -2.63. The van der Waals surface area contributed by atoms with E-state index >= 15 is 0 Å². The second-order valence-corrected chi connectivity index (χ2v) is 6.07. The van der Waals surface area contributed by atoms with E-state index in [0.717, 1.165) is 17.0 Å². The molecule has 1 amide bonds. The highest BCUT2D eigenvalue weighted by atomic mass is 16.4. The van der Waals surface area contributed by atoms with Gasteiger partial charge in [-0.3, -0.25) is 9.48 Å². The summed E-state index contributed by atoms with van der Waals surface area (Å²) in [6.45, 7) is 5.73. The van der Waals surface area contributed by atoms with Crippen LogP contribution in [0.5, 0.6) is 0 Å². The molecule has 1 aromatic heterocycles. The summed E-state index contributed by atoms with van der Waals surface area (Å²) in [5.41, 5.74) is 2.75. The number of hydrogen-bond acceptors (Lipinski definition) is 3. The molecule has 0 aliphatic rings. The van der Waals surface area contributed by atoms with Crippen molar-refractivity contribution in [1.82, 2.24) is 15.1 Å². The monoisotopic (exact) mass is 329 g/mol. The van der Waals surface area contributed by atoms with Gasteiger partial charge >= 0.3 is 5.97 Å². The Morgan fingerprint density at radius 1 is 1.25 bits per heavy atom. The van der Waals surface area contributed by atoms with Crippen molar-refractivity contribution in [2.75, 3.05) is 0 Å². The van der Waals surface area contributed by atoms with Crippen LogP contribution >= 0.6 is 0 Å². The van der Waals surface area contributed by atoms with Gasteiger partial charge in [-0.2, -0.15) is 5.10 Å². The van der Waals surface area contributed by atoms with Crippen LogP contribution in [0, 0.1) is 13.8 Å². The number of carbonyl (C=O) groups excluding carboxylic acids is 1. The molecule has 6 nitrogen and oxygen atoms in total. The molecule has 24 heavy (non-hydrogen) atoms. The molecule has 1 aromatic carbocycles. The van der Waals surface area contributed by atoms with Crippen LogP contribution in [0.4, 0.5) is 0 Å². The molecule has 1 heterocycles. The third-order valence-corrected chi connectivity index (χ3v) is 3.86. The van der Waals surface area contributed by atoms with Crippen molar-refractivity contribution in [3.8, 4) is 0 Å². The number of nitrogens with zero attached hydrogens (tertiary/aromatic N) is 2. The van der Waals surface area contributed by atoms with Crippen LogP contribution in [0.25, 0.3) is 0 Å². The predicted octanol–water partition coefficient (Wildman–Crippen LogP) is 2.26. The summed E-state index contributed by atoms with van der Waals surface area (Å²) in [6, 6.07) is 10.1. The van der Waals surface area contributed by atoms with E-state index in [4.69, 9.17) is 0 Å². The molecule has 2 atom stereocenters. The van der Waals surface area contributed by atoms with E-state index in [1.807, 2.05) is 57.2 Å². The van der Waals surface area contributed by atoms with Gasteiger partial charge in [0.1, 0.15) is 6.04 Å². The van der Waals surface area contributed by atoms with E-state index < -0.39 is 12.0 Å². The van der Waals surface area contributed by atoms with Crippen LogP contribution in [-0.2, 0) is 16.0 Å². The lowest BCUT2D eigenvalue weighted by atomic mass is 10.1. The van der Waals surface area contributed by atoms with E-state index in [1.54, 1.807) is 4.68 Å². The zero-order valence-electron chi connectivity index (χ0n) is 14.2. The number of carboxylic acid groups (broad SMARTS) is 1. The van der Waals surface area contributed by atoms with Crippen molar-refractivity contribution in [1.29, 1.82) is 0 Å². The van der Waals surface area contributed by atoms with Gasteiger partial charge in [0.05, 0.1) is 11.7 Å². The first-order valence-electron chi connectivity index (χ1n) is 7.95. The van der Waals surface area contributed by atoms with Crippen LogP contribution in [0.15, 0.2) is 36.4 Å². The fourth-order valence-electron chi connectivity index (χ4n) is 2.75. The van der Waals surface area contributed by atoms with Crippen molar-refractivity contribution < 1.29 is 14.7 Å². The molecule has 0 saturated carbocycles. The minimum atomic E-state index is -1.04. The summed E-state index contributed by atoms with van der Waals surface area (Å²) < 4.78 is 1.79. The third-order valence-electron chi connectivity index (χ3n) is 3.86. The molecule has 128 valence electrons. The van der Waals surface area contributed by atoms with Gasteiger partial charge in [0.25, 0.3) is 0 Å². The number of carbonyl (C=O) groups is 2. The first-order chi connectivity index (χ1) is 11.4. The number of hydrogen-bond donors (Lipinski definition) is 2. The second kappa shape index (κ2) is 7.77. The third kappa shape index (κ3) is 4.68. The molecule has 2 unspecified atom stereocenters. The summed E-state index contributed by atoms with van der Waals surface area (Å²) in [5, 5.41) is 16.3. The molecule has 0 radical (unpaired) electrons. The van der Waals surface area contributed by atoms with Crippen molar-refractivity contribution in [2.45, 2.75) is 45.7 Å². The predicted molar refractivity (Wildman–Crippen MR) is 90.7 cm³/mol. The lowest BCUT2D eigenvalue weighted by Gasteiger charge is -2.18. The molecule has 0 fully saturated rings. The Balaban J connectivity index is 1.98. The fraction of sp³-hybridized carbons (Fsp3) is 0.389. The minimum Gasteiger partial charge on any atom is -0.480 e. The molecule has 0 spiro atoms. The zero-order chi connectivity index (χ0) is 17.7. The van der Waals surface area contributed by atoms with Gasteiger partial charge in [-0.05, 0) is 32.4 Å². The Bertz CT molecular complexity index is 710. The van der Waals surface area contributed by atoms with Gasteiger partial charge in [0.15, 0.2) is 0 Å². The van der Waals surface area contributed by atoms with Gasteiger partial charge in [-0.15, -0.1) is 0 Å². The Labute approximate surface area is 141 Å². The number of rotatable bonds is 7. The first kappa shape index (κ1) is 17.7. The number of nitrogens with one attached hydrogen (secondary N) is 1. The number of aliphatic carboxylic acids is 1. The smallest absolute Gasteiger partial charge is 0.326 e. The highest BCUT2D eigenvalue weighted by molar-refractivity contribution is 5.83. The van der Waals surface area contributed by atoms with E-state index in [-0.39, 0.29) is 24.8 Å². The molecular weight excluding hydrogens is 306 g/mol. The van der Waals surface area contributed by atoms with Crippen LogP contribution in [0.3, 0.4) is 0 Å². The van der Waals surface area contributed by atoms with Gasteiger partial charge in [0, 0.05) is 18.5 Å². The van der Waals surface area contributed by atoms with Gasteiger partial charge in [-0.1, -0.05) is 30.3 Å². The summed E-state index contributed by atoms with van der Waals surface area (Å²) in [7, 11) is 0. The Kier molecular flexibility index (Phi) is 5.73. The number of amides is 1. The fourth-order valence-corrected chi connectivity index (χ4v) is 2.75. The van der Waals surface area contributed by atoms with E-state index in [0.29, 0.717) is 0 Å². The van der Waals surface area contributed by atoms with Crippen LogP contribution in [0.1, 0.15) is 36.3 Å². The normalized spacial score (nSPS) is 13.3. The number of carboxylic acids is 1. The summed E-state index contributed by atoms with van der Waals surface area (Å²) in [5.74, 6) is -1.33. The summed E-state index contributed by atoms with van der Waals surface area (Å²) in [6.07, 6.45) is 0.441. The van der Waals surface area contributed by atoms with Gasteiger partial charge < -0.3 is 10.4 Å². The van der Waals surface area contributed by atoms with Crippen LogP contribution in [-0.4, -0.2) is 32.8 Å². The first-order valence-corrected chi connectivity index (χ1v) is 7.95. The molecule has 0 bridgehead atoms. The molecule has 2 aromatic rings. The highest BCUT2D eigenvalue weighted by Crippen LogP contribution is 2.14. The average molecular weight is 329 g/mol. The topological polar surface area (TPSA) is 84.2 Å². The van der Waals surface area contributed by atoms with E-state index in [9.17, 15) is 14.7 Å². The number of aromatic nitrogens is 2.